The van der Waals surface area contributed by atoms with Crippen LogP contribution in [0.25, 0.3) is 33.1 Å². The minimum Gasteiger partial charge on any atom is -0.468 e. The molecule has 0 bridgehead atoms. The summed E-state index contributed by atoms with van der Waals surface area (Å²) < 4.78 is 7.28. The number of benzene rings is 2. The van der Waals surface area contributed by atoms with E-state index in [1.54, 1.807) is 13.3 Å². The van der Waals surface area contributed by atoms with Gasteiger partial charge in [0.05, 0.1) is 23.8 Å². The Labute approximate surface area is 128 Å². The van der Waals surface area contributed by atoms with Gasteiger partial charge >= 0.3 is 0 Å². The average Bonchev–Trinajstić information content (AvgIpc) is 2.91. The molecule has 2 aromatic heterocycles. The molecule has 2 aromatic carbocycles. The van der Waals surface area contributed by atoms with Crippen LogP contribution in [0, 0.1) is 0 Å². The predicted molar refractivity (Wildman–Crippen MR) is 88.0 cm³/mol. The lowest BCUT2D eigenvalue weighted by atomic mass is 10.0. The summed E-state index contributed by atoms with van der Waals surface area (Å²) in [6, 6.07) is 17.1. The quantitative estimate of drug-likeness (QED) is 0.563. The number of nitrogens with zero attached hydrogens (tertiary/aromatic N) is 3. The van der Waals surface area contributed by atoms with Crippen LogP contribution in [0.3, 0.4) is 0 Å². The Hall–Kier alpha value is -2.88. The van der Waals surface area contributed by atoms with Crippen LogP contribution in [0.2, 0.25) is 0 Å². The zero-order valence-electron chi connectivity index (χ0n) is 12.4. The molecule has 0 saturated carbocycles. The van der Waals surface area contributed by atoms with Crippen molar-refractivity contribution in [3.05, 3.63) is 54.7 Å². The number of aryl methyl sites for hydroxylation is 1. The Balaban J connectivity index is 2.11. The first kappa shape index (κ1) is 12.8. The van der Waals surface area contributed by atoms with Crippen molar-refractivity contribution in [2.24, 2.45) is 7.05 Å². The van der Waals surface area contributed by atoms with E-state index in [1.807, 2.05) is 23.7 Å². The van der Waals surface area contributed by atoms with E-state index >= 15 is 0 Å². The highest BCUT2D eigenvalue weighted by Crippen LogP contribution is 2.33. The standard InChI is InChI=1S/C18H15N3O/c1-21-17-15(20-18(21)22-2)10-11-19-16(17)14-9-5-7-12-6-3-4-8-13(12)14/h3-11H,1-2H3. The van der Waals surface area contributed by atoms with Gasteiger partial charge in [-0.25, -0.2) is 0 Å². The molecule has 4 nitrogen and oxygen atoms in total. The van der Waals surface area contributed by atoms with Gasteiger partial charge in [0, 0.05) is 18.8 Å². The van der Waals surface area contributed by atoms with Gasteiger partial charge in [0.25, 0.3) is 6.01 Å². The maximum atomic E-state index is 5.33. The lowest BCUT2D eigenvalue weighted by Gasteiger charge is -2.08. The van der Waals surface area contributed by atoms with Crippen LogP contribution in [-0.2, 0) is 7.05 Å². The average molecular weight is 289 g/mol. The number of fused-ring (bicyclic) bond motifs is 2. The molecule has 0 radical (unpaired) electrons. The van der Waals surface area contributed by atoms with E-state index in [9.17, 15) is 0 Å². The zero-order valence-corrected chi connectivity index (χ0v) is 12.4. The van der Waals surface area contributed by atoms with Crippen LogP contribution < -0.4 is 4.74 Å². The predicted octanol–water partition coefficient (Wildman–Crippen LogP) is 3.80. The van der Waals surface area contributed by atoms with Crippen LogP contribution in [0.15, 0.2) is 54.7 Å². The van der Waals surface area contributed by atoms with Crippen molar-refractivity contribution < 1.29 is 4.74 Å². The monoisotopic (exact) mass is 289 g/mol. The van der Waals surface area contributed by atoms with Gasteiger partial charge < -0.3 is 4.74 Å². The zero-order chi connectivity index (χ0) is 15.1. The molecule has 22 heavy (non-hydrogen) atoms. The highest BCUT2D eigenvalue weighted by atomic mass is 16.5. The molecule has 0 aliphatic heterocycles. The van der Waals surface area contributed by atoms with E-state index in [-0.39, 0.29) is 0 Å². The Morgan fingerprint density at radius 2 is 1.82 bits per heavy atom. The van der Waals surface area contributed by atoms with E-state index in [1.165, 1.54) is 10.8 Å². The van der Waals surface area contributed by atoms with Crippen molar-refractivity contribution in [2.75, 3.05) is 7.11 Å². The molecule has 0 aliphatic carbocycles. The Kier molecular flexibility index (Phi) is 2.82. The summed E-state index contributed by atoms with van der Waals surface area (Å²) >= 11 is 0. The SMILES string of the molecule is COc1nc2ccnc(-c3cccc4ccccc34)c2n1C. The molecule has 4 aromatic rings. The van der Waals surface area contributed by atoms with Gasteiger partial charge in [0.15, 0.2) is 0 Å². The van der Waals surface area contributed by atoms with Crippen LogP contribution in [0.4, 0.5) is 0 Å². The van der Waals surface area contributed by atoms with Gasteiger partial charge in [-0.1, -0.05) is 42.5 Å². The number of ether oxygens (including phenoxy) is 1. The van der Waals surface area contributed by atoms with Crippen molar-refractivity contribution in [3.63, 3.8) is 0 Å². The molecule has 4 heteroatoms. The van der Waals surface area contributed by atoms with Gasteiger partial charge in [-0.15, -0.1) is 0 Å². The highest BCUT2D eigenvalue weighted by molar-refractivity contribution is 6.02. The molecule has 0 fully saturated rings. The third kappa shape index (κ3) is 1.77. The van der Waals surface area contributed by atoms with E-state index < -0.39 is 0 Å². The Morgan fingerprint density at radius 3 is 2.68 bits per heavy atom. The van der Waals surface area contributed by atoms with Crippen molar-refractivity contribution >= 4 is 21.8 Å². The first-order valence-electron chi connectivity index (χ1n) is 7.13. The molecular formula is C18H15N3O. The van der Waals surface area contributed by atoms with Crippen LogP contribution in [-0.4, -0.2) is 21.6 Å². The van der Waals surface area contributed by atoms with Gasteiger partial charge in [-0.05, 0) is 16.8 Å². The van der Waals surface area contributed by atoms with Gasteiger partial charge in [-0.3, -0.25) is 9.55 Å². The molecule has 0 unspecified atom stereocenters. The van der Waals surface area contributed by atoms with Crippen molar-refractivity contribution in [1.82, 2.24) is 14.5 Å². The molecule has 4 rings (SSSR count). The van der Waals surface area contributed by atoms with Crippen LogP contribution >= 0.6 is 0 Å². The number of pyridine rings is 1. The summed E-state index contributed by atoms with van der Waals surface area (Å²) in [6.07, 6.45) is 1.80. The molecule has 108 valence electrons. The van der Waals surface area contributed by atoms with Crippen LogP contribution in [0.5, 0.6) is 6.01 Å². The summed E-state index contributed by atoms with van der Waals surface area (Å²) in [4.78, 5) is 9.12. The molecule has 2 heterocycles. The summed E-state index contributed by atoms with van der Waals surface area (Å²) in [7, 11) is 3.58. The number of methoxy groups -OCH3 is 1. The minimum atomic E-state index is 0.587. The minimum absolute atomic E-state index is 0.587. The van der Waals surface area contributed by atoms with Gasteiger partial charge in [-0.2, -0.15) is 4.98 Å². The van der Waals surface area contributed by atoms with E-state index in [4.69, 9.17) is 4.74 Å². The third-order valence-electron chi connectivity index (χ3n) is 3.97. The number of imidazole rings is 1. The third-order valence-corrected chi connectivity index (χ3v) is 3.97. The van der Waals surface area contributed by atoms with E-state index in [2.05, 4.69) is 46.4 Å². The maximum absolute atomic E-state index is 5.33. The van der Waals surface area contributed by atoms with Crippen molar-refractivity contribution in [1.29, 1.82) is 0 Å². The number of hydrogen-bond donors (Lipinski definition) is 0. The van der Waals surface area contributed by atoms with Gasteiger partial charge in [0.2, 0.25) is 0 Å². The topological polar surface area (TPSA) is 39.9 Å². The fourth-order valence-corrected chi connectivity index (χ4v) is 2.95. The largest absolute Gasteiger partial charge is 0.468 e. The highest BCUT2D eigenvalue weighted by Gasteiger charge is 2.15. The Bertz CT molecular complexity index is 983. The molecule has 0 N–H and O–H groups in total. The molecule has 0 atom stereocenters. The Morgan fingerprint density at radius 1 is 1.00 bits per heavy atom. The molecular weight excluding hydrogens is 274 g/mol. The van der Waals surface area contributed by atoms with Crippen LogP contribution in [0.1, 0.15) is 0 Å². The van der Waals surface area contributed by atoms with Gasteiger partial charge in [0.1, 0.15) is 0 Å². The maximum Gasteiger partial charge on any atom is 0.296 e. The normalized spacial score (nSPS) is 11.2. The second-order valence-electron chi connectivity index (χ2n) is 5.21. The first-order valence-corrected chi connectivity index (χ1v) is 7.13. The lowest BCUT2D eigenvalue weighted by molar-refractivity contribution is 0.368. The van der Waals surface area contributed by atoms with E-state index in [0.717, 1.165) is 22.3 Å². The second kappa shape index (κ2) is 4.84. The fourth-order valence-electron chi connectivity index (χ4n) is 2.95. The summed E-state index contributed by atoms with van der Waals surface area (Å²) in [6.45, 7) is 0. The molecule has 0 aliphatic rings. The summed E-state index contributed by atoms with van der Waals surface area (Å²) in [5.41, 5.74) is 3.90. The first-order chi connectivity index (χ1) is 10.8. The molecule has 0 spiro atoms. The second-order valence-corrected chi connectivity index (χ2v) is 5.21. The number of aromatic nitrogens is 3. The smallest absolute Gasteiger partial charge is 0.296 e. The van der Waals surface area contributed by atoms with Crippen molar-refractivity contribution in [2.45, 2.75) is 0 Å². The van der Waals surface area contributed by atoms with E-state index in [0.29, 0.717) is 6.01 Å². The molecule has 0 saturated heterocycles. The summed E-state index contributed by atoms with van der Waals surface area (Å²) in [5, 5.41) is 2.39. The number of hydrogen-bond acceptors (Lipinski definition) is 3. The number of rotatable bonds is 2. The molecule has 0 amide bonds. The summed E-state index contributed by atoms with van der Waals surface area (Å²) in [5.74, 6) is 0. The lowest BCUT2D eigenvalue weighted by Crippen LogP contribution is -1.96. The van der Waals surface area contributed by atoms with Crippen molar-refractivity contribution in [3.8, 4) is 17.3 Å². The fraction of sp³-hybridized carbons (Fsp3) is 0.111.